The van der Waals surface area contributed by atoms with Crippen LogP contribution in [0.1, 0.15) is 0 Å². The molecule has 1 atom stereocenters. The number of primary amides is 1. The lowest BCUT2D eigenvalue weighted by atomic mass is 10.6. The van der Waals surface area contributed by atoms with Gasteiger partial charge in [0.2, 0.25) is 0 Å². The summed E-state index contributed by atoms with van der Waals surface area (Å²) in [4.78, 5) is 19.3. The maximum Gasteiger partial charge on any atom is 0.406 e. The highest BCUT2D eigenvalue weighted by molar-refractivity contribution is 5.64. The van der Waals surface area contributed by atoms with E-state index in [2.05, 4.69) is 15.6 Å². The molecule has 1 amide bonds. The van der Waals surface area contributed by atoms with Gasteiger partial charge >= 0.3 is 6.09 Å². The monoisotopic (exact) mass is 133 g/mol. The molecule has 0 spiro atoms. The van der Waals surface area contributed by atoms with Crippen LogP contribution in [0.4, 0.5) is 4.79 Å². The lowest BCUT2D eigenvalue weighted by Gasteiger charge is -2.04. The Bertz CT molecular complexity index is 115. The zero-order chi connectivity index (χ0) is 7.28. The quantitative estimate of drug-likeness (QED) is 0.385. The van der Waals surface area contributed by atoms with Crippen LogP contribution in [0.3, 0.4) is 0 Å². The largest absolute Gasteiger partial charge is 0.429 e. The molecule has 0 saturated heterocycles. The predicted octanol–water partition coefficient (Wildman–Crippen LogP) is -0.867. The molecule has 0 saturated carbocycles. The molecular formula is C3H7N3O3. The summed E-state index contributed by atoms with van der Waals surface area (Å²) in [6, 6.07) is 0. The zero-order valence-corrected chi connectivity index (χ0v) is 4.61. The summed E-state index contributed by atoms with van der Waals surface area (Å²) in [7, 11) is 0. The average Bonchev–Trinajstić information content (AvgIpc) is 1.63. The zero-order valence-electron chi connectivity index (χ0n) is 4.61. The van der Waals surface area contributed by atoms with E-state index in [-0.39, 0.29) is 6.54 Å². The van der Waals surface area contributed by atoms with Gasteiger partial charge in [-0.05, 0) is 0 Å². The van der Waals surface area contributed by atoms with Crippen molar-refractivity contribution < 1.29 is 9.53 Å². The third-order valence-corrected chi connectivity index (χ3v) is 0.522. The van der Waals surface area contributed by atoms with Gasteiger partial charge in [-0.25, -0.2) is 4.79 Å². The van der Waals surface area contributed by atoms with Crippen molar-refractivity contribution in [3.63, 3.8) is 0 Å². The van der Waals surface area contributed by atoms with Crippen LogP contribution in [0.15, 0.2) is 5.18 Å². The maximum atomic E-state index is 9.86. The number of hydrogen-bond donors (Lipinski definition) is 2. The standard InChI is InChI=1S/C3H7N3O3/c4-2(1-6-8)9-3(5)7/h2H,1,4H2,(H2,5,7). The van der Waals surface area contributed by atoms with Crippen LogP contribution in [0.2, 0.25) is 0 Å². The molecule has 0 heterocycles. The van der Waals surface area contributed by atoms with Crippen molar-refractivity contribution in [1.82, 2.24) is 0 Å². The second kappa shape index (κ2) is 3.79. The first-order chi connectivity index (χ1) is 4.16. The fraction of sp³-hybridized carbons (Fsp3) is 0.667. The number of nitrogens with zero attached hydrogens (tertiary/aromatic N) is 1. The van der Waals surface area contributed by atoms with Gasteiger partial charge in [-0.3, -0.25) is 5.73 Å². The molecule has 0 aromatic rings. The molecule has 0 rings (SSSR count). The SMILES string of the molecule is NC(=O)OC(N)CN=O. The van der Waals surface area contributed by atoms with Crippen molar-refractivity contribution >= 4 is 6.09 Å². The third-order valence-electron chi connectivity index (χ3n) is 0.522. The number of carbonyl (C=O) groups excluding carboxylic acids is 1. The number of rotatable bonds is 3. The molecule has 6 nitrogen and oxygen atoms in total. The van der Waals surface area contributed by atoms with Crippen LogP contribution in [0.5, 0.6) is 0 Å². The smallest absolute Gasteiger partial charge is 0.406 e. The number of ether oxygens (including phenoxy) is 1. The first-order valence-corrected chi connectivity index (χ1v) is 2.17. The van der Waals surface area contributed by atoms with Crippen molar-refractivity contribution in [2.45, 2.75) is 6.23 Å². The van der Waals surface area contributed by atoms with Gasteiger partial charge in [-0.1, -0.05) is 5.18 Å². The molecule has 0 bridgehead atoms. The van der Waals surface area contributed by atoms with E-state index in [4.69, 9.17) is 5.73 Å². The Hall–Kier alpha value is -1.17. The van der Waals surface area contributed by atoms with Crippen molar-refractivity contribution in [2.75, 3.05) is 6.54 Å². The van der Waals surface area contributed by atoms with Crippen LogP contribution in [0.25, 0.3) is 0 Å². The summed E-state index contributed by atoms with van der Waals surface area (Å²) in [6.07, 6.45) is -2.02. The van der Waals surface area contributed by atoms with Crippen LogP contribution >= 0.6 is 0 Å². The van der Waals surface area contributed by atoms with Crippen molar-refractivity contribution in [3.8, 4) is 0 Å². The van der Waals surface area contributed by atoms with E-state index in [1.807, 2.05) is 0 Å². The lowest BCUT2D eigenvalue weighted by molar-refractivity contribution is 0.114. The minimum atomic E-state index is -1.01. The molecule has 0 fully saturated rings. The number of carbonyl (C=O) groups is 1. The molecule has 1 unspecified atom stereocenters. The van der Waals surface area contributed by atoms with Gasteiger partial charge in [0.25, 0.3) is 0 Å². The molecule has 0 aromatic carbocycles. The van der Waals surface area contributed by atoms with Gasteiger partial charge in [0, 0.05) is 0 Å². The molecule has 6 heteroatoms. The third kappa shape index (κ3) is 4.69. The number of hydrogen-bond acceptors (Lipinski definition) is 5. The van der Waals surface area contributed by atoms with Gasteiger partial charge in [-0.15, -0.1) is 0 Å². The summed E-state index contributed by atoms with van der Waals surface area (Å²) in [5.74, 6) is 0. The highest BCUT2D eigenvalue weighted by atomic mass is 16.6. The second-order valence-electron chi connectivity index (χ2n) is 1.29. The molecule has 0 aromatic heterocycles. The molecule has 9 heavy (non-hydrogen) atoms. The Labute approximate surface area is 51.1 Å². The van der Waals surface area contributed by atoms with E-state index in [0.717, 1.165) is 0 Å². The highest BCUT2D eigenvalue weighted by Gasteiger charge is 2.04. The molecule has 0 aliphatic heterocycles. The number of amides is 1. The first kappa shape index (κ1) is 7.83. The maximum absolute atomic E-state index is 9.86. The Morgan fingerprint density at radius 2 is 2.33 bits per heavy atom. The van der Waals surface area contributed by atoms with Gasteiger partial charge in [-0.2, -0.15) is 4.91 Å². The van der Waals surface area contributed by atoms with E-state index in [1.54, 1.807) is 0 Å². The Morgan fingerprint density at radius 3 is 2.67 bits per heavy atom. The van der Waals surface area contributed by atoms with Gasteiger partial charge in [0.05, 0.1) is 0 Å². The summed E-state index contributed by atoms with van der Waals surface area (Å²) >= 11 is 0. The Balaban J connectivity index is 3.37. The average molecular weight is 133 g/mol. The Morgan fingerprint density at radius 1 is 1.78 bits per heavy atom. The molecule has 0 aliphatic carbocycles. The summed E-state index contributed by atoms with van der Waals surface area (Å²) in [6.45, 7) is -0.275. The van der Waals surface area contributed by atoms with Crippen LogP contribution in [0, 0.1) is 4.91 Å². The molecule has 0 aliphatic rings. The van der Waals surface area contributed by atoms with Gasteiger partial charge < -0.3 is 10.5 Å². The molecule has 52 valence electrons. The van der Waals surface area contributed by atoms with E-state index >= 15 is 0 Å². The molecular weight excluding hydrogens is 126 g/mol. The first-order valence-electron chi connectivity index (χ1n) is 2.17. The normalized spacial score (nSPS) is 12.1. The van der Waals surface area contributed by atoms with Crippen molar-refractivity contribution in [1.29, 1.82) is 0 Å². The number of nitroso groups, excluding NO2 is 1. The van der Waals surface area contributed by atoms with Crippen molar-refractivity contribution in [2.24, 2.45) is 16.6 Å². The van der Waals surface area contributed by atoms with Gasteiger partial charge in [0.1, 0.15) is 6.54 Å². The number of nitrogens with two attached hydrogens (primary N) is 2. The second-order valence-corrected chi connectivity index (χ2v) is 1.29. The lowest BCUT2D eigenvalue weighted by Crippen LogP contribution is -2.32. The van der Waals surface area contributed by atoms with Crippen molar-refractivity contribution in [3.05, 3.63) is 4.91 Å². The summed E-state index contributed by atoms with van der Waals surface area (Å²) < 4.78 is 4.11. The van der Waals surface area contributed by atoms with Crippen LogP contribution < -0.4 is 11.5 Å². The molecule has 4 N–H and O–H groups in total. The fourth-order valence-electron chi connectivity index (χ4n) is 0.260. The van der Waals surface area contributed by atoms with E-state index < -0.39 is 12.3 Å². The van der Waals surface area contributed by atoms with E-state index in [0.29, 0.717) is 0 Å². The predicted molar refractivity (Wildman–Crippen MR) is 29.3 cm³/mol. The van der Waals surface area contributed by atoms with E-state index in [9.17, 15) is 9.70 Å². The highest BCUT2D eigenvalue weighted by Crippen LogP contribution is 1.81. The molecule has 0 radical (unpaired) electrons. The minimum absolute atomic E-state index is 0.275. The van der Waals surface area contributed by atoms with E-state index in [1.165, 1.54) is 0 Å². The fourth-order valence-corrected chi connectivity index (χ4v) is 0.260. The van der Waals surface area contributed by atoms with Gasteiger partial charge in [0.15, 0.2) is 6.23 Å². The topological polar surface area (TPSA) is 108 Å². The minimum Gasteiger partial charge on any atom is -0.429 e. The summed E-state index contributed by atoms with van der Waals surface area (Å²) in [5.41, 5.74) is 9.51. The summed E-state index contributed by atoms with van der Waals surface area (Å²) in [5, 5.41) is 2.38. The van der Waals surface area contributed by atoms with Crippen LogP contribution in [-0.2, 0) is 4.74 Å². The Kier molecular flexibility index (Phi) is 3.29. The van der Waals surface area contributed by atoms with Crippen LogP contribution in [-0.4, -0.2) is 18.9 Å².